The first kappa shape index (κ1) is 15.6. The van der Waals surface area contributed by atoms with Crippen LogP contribution in [0.15, 0.2) is 22.8 Å². The van der Waals surface area contributed by atoms with Crippen LogP contribution in [0.2, 0.25) is 0 Å². The maximum absolute atomic E-state index is 11.7. The number of nitrogens with zero attached hydrogens (tertiary/aromatic N) is 1. The number of rotatable bonds is 7. The highest BCUT2D eigenvalue weighted by atomic mass is 79.9. The van der Waals surface area contributed by atoms with Crippen LogP contribution in [-0.4, -0.2) is 30.5 Å². The number of unbranched alkanes of at least 4 members (excludes halogenated alkanes) is 2. The van der Waals surface area contributed by atoms with Crippen molar-refractivity contribution in [1.29, 1.82) is 0 Å². The number of carbonyl (C=O) groups excluding carboxylic acids is 2. The lowest BCUT2D eigenvalue weighted by Gasteiger charge is -2.04. The van der Waals surface area contributed by atoms with E-state index in [0.29, 0.717) is 23.3 Å². The van der Waals surface area contributed by atoms with Crippen LogP contribution >= 0.6 is 15.9 Å². The fraction of sp³-hybridized carbons (Fsp3) is 0.462. The molecule has 0 aliphatic carbocycles. The van der Waals surface area contributed by atoms with Crippen LogP contribution < -0.4 is 5.32 Å². The van der Waals surface area contributed by atoms with Gasteiger partial charge in [-0.2, -0.15) is 0 Å². The Kier molecular flexibility index (Phi) is 7.10. The van der Waals surface area contributed by atoms with Crippen molar-refractivity contribution >= 4 is 27.8 Å². The molecule has 0 atom stereocenters. The second kappa shape index (κ2) is 8.63. The van der Waals surface area contributed by atoms with Crippen LogP contribution in [0.5, 0.6) is 0 Å². The Balaban J connectivity index is 2.16. The van der Waals surface area contributed by atoms with Gasteiger partial charge in [0, 0.05) is 13.0 Å². The Morgan fingerprint density at radius 1 is 1.32 bits per heavy atom. The van der Waals surface area contributed by atoms with Crippen LogP contribution in [0.3, 0.4) is 0 Å². The molecule has 1 N–H and O–H groups in total. The molecule has 0 saturated heterocycles. The zero-order valence-corrected chi connectivity index (χ0v) is 12.4. The van der Waals surface area contributed by atoms with Crippen molar-refractivity contribution < 1.29 is 14.3 Å². The summed E-state index contributed by atoms with van der Waals surface area (Å²) in [6.07, 6.45) is 2.91. The Morgan fingerprint density at radius 2 is 2.11 bits per heavy atom. The van der Waals surface area contributed by atoms with Crippen molar-refractivity contribution in [1.82, 2.24) is 10.3 Å². The monoisotopic (exact) mass is 328 g/mol. The van der Waals surface area contributed by atoms with Crippen LogP contribution in [-0.2, 0) is 9.53 Å². The fourth-order valence-corrected chi connectivity index (χ4v) is 1.84. The zero-order chi connectivity index (χ0) is 14.1. The molecule has 0 aliphatic heterocycles. The van der Waals surface area contributed by atoms with Crippen LogP contribution in [0.4, 0.5) is 0 Å². The molecule has 0 aromatic carbocycles. The van der Waals surface area contributed by atoms with Gasteiger partial charge in [-0.15, -0.1) is 0 Å². The van der Waals surface area contributed by atoms with Crippen molar-refractivity contribution in [3.8, 4) is 0 Å². The number of hydrogen-bond donors (Lipinski definition) is 1. The number of carbonyl (C=O) groups is 2. The van der Waals surface area contributed by atoms with Crippen LogP contribution in [0.1, 0.15) is 36.2 Å². The molecule has 19 heavy (non-hydrogen) atoms. The molecule has 0 spiro atoms. The third-order valence-corrected chi connectivity index (χ3v) is 2.96. The van der Waals surface area contributed by atoms with Gasteiger partial charge < -0.3 is 10.1 Å². The number of halogens is 1. The zero-order valence-electron chi connectivity index (χ0n) is 10.8. The first-order valence-corrected chi connectivity index (χ1v) is 6.90. The number of amides is 1. The first-order chi connectivity index (χ1) is 9.13. The minimum atomic E-state index is -0.192. The van der Waals surface area contributed by atoms with Crippen molar-refractivity contribution in [2.75, 3.05) is 13.7 Å². The molecule has 1 heterocycles. The van der Waals surface area contributed by atoms with Gasteiger partial charge in [0.1, 0.15) is 10.3 Å². The number of nitrogens with one attached hydrogen (secondary N) is 1. The molecule has 5 nitrogen and oxygen atoms in total. The first-order valence-electron chi connectivity index (χ1n) is 6.11. The van der Waals surface area contributed by atoms with Gasteiger partial charge in [0.2, 0.25) is 0 Å². The van der Waals surface area contributed by atoms with Crippen molar-refractivity contribution in [3.05, 3.63) is 28.5 Å². The largest absolute Gasteiger partial charge is 0.469 e. The second-order valence-electron chi connectivity index (χ2n) is 3.99. The molecular weight excluding hydrogens is 312 g/mol. The molecule has 1 rings (SSSR count). The van der Waals surface area contributed by atoms with Crippen molar-refractivity contribution in [3.63, 3.8) is 0 Å². The Labute approximate surface area is 120 Å². The van der Waals surface area contributed by atoms with E-state index in [4.69, 9.17) is 0 Å². The number of aromatic nitrogens is 1. The Bertz CT molecular complexity index is 438. The van der Waals surface area contributed by atoms with Crippen LogP contribution in [0, 0.1) is 0 Å². The average Bonchev–Trinajstić information content (AvgIpc) is 2.42. The van der Waals surface area contributed by atoms with Crippen molar-refractivity contribution in [2.24, 2.45) is 0 Å². The number of esters is 1. The standard InChI is InChI=1S/C13H17BrN2O3/c1-19-12(17)8-3-2-4-9-15-13(18)10-6-5-7-11(14)16-10/h5-7H,2-4,8-9H2,1H3,(H,15,18). The SMILES string of the molecule is COC(=O)CCCCCNC(=O)c1cccc(Br)n1. The maximum Gasteiger partial charge on any atom is 0.305 e. The van der Waals surface area contributed by atoms with Gasteiger partial charge in [-0.1, -0.05) is 12.5 Å². The molecule has 0 bridgehead atoms. The maximum atomic E-state index is 11.7. The third kappa shape index (κ3) is 6.33. The fourth-order valence-electron chi connectivity index (χ4n) is 1.50. The number of ether oxygens (including phenoxy) is 1. The normalized spacial score (nSPS) is 10.0. The highest BCUT2D eigenvalue weighted by molar-refractivity contribution is 9.10. The summed E-state index contributed by atoms with van der Waals surface area (Å²) in [5.41, 5.74) is 0.393. The molecule has 0 saturated carbocycles. The van der Waals surface area contributed by atoms with Gasteiger partial charge >= 0.3 is 5.97 Å². The van der Waals surface area contributed by atoms with Crippen LogP contribution in [0.25, 0.3) is 0 Å². The van der Waals surface area contributed by atoms with E-state index >= 15 is 0 Å². The third-order valence-electron chi connectivity index (χ3n) is 2.52. The molecule has 1 amide bonds. The lowest BCUT2D eigenvalue weighted by atomic mass is 10.2. The predicted molar refractivity (Wildman–Crippen MR) is 74.8 cm³/mol. The van der Waals surface area contributed by atoms with E-state index in [0.717, 1.165) is 19.3 Å². The van der Waals surface area contributed by atoms with E-state index in [1.54, 1.807) is 18.2 Å². The summed E-state index contributed by atoms with van der Waals surface area (Å²) in [5.74, 6) is -0.378. The number of hydrogen-bond acceptors (Lipinski definition) is 4. The van der Waals surface area contributed by atoms with E-state index in [-0.39, 0.29) is 11.9 Å². The molecule has 1 aromatic rings. The summed E-state index contributed by atoms with van der Waals surface area (Å²) in [6.45, 7) is 0.578. The molecular formula is C13H17BrN2O3. The summed E-state index contributed by atoms with van der Waals surface area (Å²) < 4.78 is 5.18. The molecule has 0 fully saturated rings. The van der Waals surface area contributed by atoms with Gasteiger partial charge in [0.25, 0.3) is 5.91 Å². The topological polar surface area (TPSA) is 68.3 Å². The summed E-state index contributed by atoms with van der Waals surface area (Å²) in [6, 6.07) is 5.20. The molecule has 6 heteroatoms. The number of pyridine rings is 1. The molecule has 0 radical (unpaired) electrons. The van der Waals surface area contributed by atoms with Gasteiger partial charge in [0.05, 0.1) is 7.11 Å². The summed E-state index contributed by atoms with van der Waals surface area (Å²) in [5, 5.41) is 2.79. The lowest BCUT2D eigenvalue weighted by Crippen LogP contribution is -2.25. The Hall–Kier alpha value is -1.43. The van der Waals surface area contributed by atoms with E-state index < -0.39 is 0 Å². The molecule has 0 unspecified atom stereocenters. The van der Waals surface area contributed by atoms with Gasteiger partial charge in [-0.05, 0) is 40.9 Å². The summed E-state index contributed by atoms with van der Waals surface area (Å²) >= 11 is 3.22. The van der Waals surface area contributed by atoms with E-state index in [1.807, 2.05) is 0 Å². The van der Waals surface area contributed by atoms with Crippen molar-refractivity contribution in [2.45, 2.75) is 25.7 Å². The van der Waals surface area contributed by atoms with Gasteiger partial charge in [0.15, 0.2) is 0 Å². The number of methoxy groups -OCH3 is 1. The van der Waals surface area contributed by atoms with Gasteiger partial charge in [-0.3, -0.25) is 9.59 Å². The summed E-state index contributed by atoms with van der Waals surface area (Å²) in [7, 11) is 1.38. The lowest BCUT2D eigenvalue weighted by molar-refractivity contribution is -0.140. The highest BCUT2D eigenvalue weighted by Crippen LogP contribution is 2.06. The van der Waals surface area contributed by atoms with E-state index in [1.165, 1.54) is 7.11 Å². The molecule has 104 valence electrons. The quantitative estimate of drug-likeness (QED) is 0.473. The smallest absolute Gasteiger partial charge is 0.305 e. The predicted octanol–water partition coefficient (Wildman–Crippen LogP) is 2.31. The molecule has 0 aliphatic rings. The summed E-state index contributed by atoms with van der Waals surface area (Å²) in [4.78, 5) is 26.6. The van der Waals surface area contributed by atoms with E-state index in [9.17, 15) is 9.59 Å². The van der Waals surface area contributed by atoms with Gasteiger partial charge in [-0.25, -0.2) is 4.98 Å². The average molecular weight is 329 g/mol. The second-order valence-corrected chi connectivity index (χ2v) is 4.80. The van der Waals surface area contributed by atoms with E-state index in [2.05, 4.69) is 31.0 Å². The minimum absolute atomic E-state index is 0.186. The minimum Gasteiger partial charge on any atom is -0.469 e. The Morgan fingerprint density at radius 3 is 2.79 bits per heavy atom. The highest BCUT2D eigenvalue weighted by Gasteiger charge is 2.06. The molecule has 1 aromatic heterocycles.